The summed E-state index contributed by atoms with van der Waals surface area (Å²) in [5.74, 6) is 1.50. The lowest BCUT2D eigenvalue weighted by molar-refractivity contribution is 0.273. The molecule has 2 atom stereocenters. The van der Waals surface area contributed by atoms with Crippen molar-refractivity contribution < 1.29 is 0 Å². The van der Waals surface area contributed by atoms with Crippen molar-refractivity contribution in [2.24, 2.45) is 11.3 Å². The van der Waals surface area contributed by atoms with Gasteiger partial charge < -0.3 is 0 Å². The van der Waals surface area contributed by atoms with Crippen LogP contribution in [0.1, 0.15) is 88.0 Å². The zero-order valence-electron chi connectivity index (χ0n) is 15.3. The molecule has 22 heavy (non-hydrogen) atoms. The molecule has 0 aliphatic heterocycles. The molecule has 0 saturated heterocycles. The van der Waals surface area contributed by atoms with Gasteiger partial charge in [0.2, 0.25) is 0 Å². The Morgan fingerprint density at radius 1 is 1.18 bits per heavy atom. The van der Waals surface area contributed by atoms with Crippen molar-refractivity contribution >= 4 is 5.57 Å². The number of rotatable bonds is 4. The van der Waals surface area contributed by atoms with Crippen molar-refractivity contribution in [2.45, 2.75) is 79.6 Å². The summed E-state index contributed by atoms with van der Waals surface area (Å²) in [5, 5.41) is 0. The highest BCUT2D eigenvalue weighted by atomic mass is 14.6. The van der Waals surface area contributed by atoms with E-state index >= 15 is 0 Å². The molecule has 0 heteroatoms. The molecule has 1 aromatic carbocycles. The van der Waals surface area contributed by atoms with E-state index < -0.39 is 0 Å². The Bertz CT molecular complexity index is 609. The van der Waals surface area contributed by atoms with Crippen molar-refractivity contribution in [3.63, 3.8) is 0 Å². The molecular weight excluding hydrogens is 264 g/mol. The van der Waals surface area contributed by atoms with Crippen LogP contribution in [0.15, 0.2) is 17.7 Å². The minimum atomic E-state index is 0.653. The van der Waals surface area contributed by atoms with E-state index in [4.69, 9.17) is 0 Å². The van der Waals surface area contributed by atoms with E-state index in [0.717, 1.165) is 5.92 Å². The average molecular weight is 296 g/mol. The molecule has 1 aromatic rings. The fourth-order valence-corrected chi connectivity index (χ4v) is 4.74. The molecule has 2 aliphatic carbocycles. The quantitative estimate of drug-likeness (QED) is 0.573. The molecule has 2 aliphatic rings. The topological polar surface area (TPSA) is 0 Å². The van der Waals surface area contributed by atoms with Crippen molar-refractivity contribution in [2.75, 3.05) is 0 Å². The van der Waals surface area contributed by atoms with E-state index in [1.165, 1.54) is 43.2 Å². The van der Waals surface area contributed by atoms with Gasteiger partial charge in [-0.15, -0.1) is 0 Å². The lowest BCUT2D eigenvalue weighted by Gasteiger charge is -2.30. The Hall–Kier alpha value is -1.04. The molecule has 0 aromatic heterocycles. The van der Waals surface area contributed by atoms with Gasteiger partial charge in [0.25, 0.3) is 0 Å². The Labute approximate surface area is 137 Å². The van der Waals surface area contributed by atoms with Gasteiger partial charge in [0, 0.05) is 0 Å². The molecule has 0 heterocycles. The predicted octanol–water partition coefficient (Wildman–Crippen LogP) is 6.80. The highest BCUT2D eigenvalue weighted by Crippen LogP contribution is 2.70. The summed E-state index contributed by atoms with van der Waals surface area (Å²) in [6.07, 6.45) is 7.07. The fraction of sp³-hybridized carbons (Fsp3) is 0.636. The smallest absolute Gasteiger partial charge is 0.00941 e. The molecule has 1 spiro atoms. The summed E-state index contributed by atoms with van der Waals surface area (Å²) in [6.45, 7) is 14.0. The summed E-state index contributed by atoms with van der Waals surface area (Å²) in [6, 6.07) is 4.67. The zero-order valence-corrected chi connectivity index (χ0v) is 15.3. The van der Waals surface area contributed by atoms with Crippen LogP contribution in [0.3, 0.4) is 0 Å². The minimum absolute atomic E-state index is 0.653. The zero-order chi connectivity index (χ0) is 16.1. The highest BCUT2D eigenvalue weighted by Gasteiger charge is 2.59. The van der Waals surface area contributed by atoms with Gasteiger partial charge in [-0.2, -0.15) is 0 Å². The van der Waals surface area contributed by atoms with Crippen LogP contribution < -0.4 is 0 Å². The van der Waals surface area contributed by atoms with Crippen LogP contribution in [0.2, 0.25) is 0 Å². The normalized spacial score (nSPS) is 23.1. The van der Waals surface area contributed by atoms with Gasteiger partial charge in [-0.1, -0.05) is 38.0 Å². The van der Waals surface area contributed by atoms with Crippen LogP contribution in [0.25, 0.3) is 5.57 Å². The standard InChI is InChI=1S/C22H32/c1-7-15(4)20-16(5)9-10-17(6)21(20)19(14(2)3)18-13-22(18)11-8-12-22/h9-10,15,18H,7-8,11-13H2,1-6H3. The maximum Gasteiger partial charge on any atom is -0.00941 e. The molecule has 0 N–H and O–H groups in total. The Kier molecular flexibility index (Phi) is 4.00. The second kappa shape index (κ2) is 5.55. The number of benzene rings is 1. The molecule has 2 unspecified atom stereocenters. The first kappa shape index (κ1) is 15.8. The summed E-state index contributed by atoms with van der Waals surface area (Å²) in [4.78, 5) is 0. The molecule has 0 bridgehead atoms. The predicted molar refractivity (Wildman–Crippen MR) is 97.3 cm³/mol. The summed E-state index contributed by atoms with van der Waals surface area (Å²) < 4.78 is 0. The van der Waals surface area contributed by atoms with Crippen molar-refractivity contribution in [3.05, 3.63) is 40.0 Å². The van der Waals surface area contributed by atoms with E-state index in [-0.39, 0.29) is 0 Å². The van der Waals surface area contributed by atoms with E-state index in [2.05, 4.69) is 53.7 Å². The number of aryl methyl sites for hydroxylation is 2. The molecule has 0 nitrogen and oxygen atoms in total. The molecule has 120 valence electrons. The van der Waals surface area contributed by atoms with Crippen LogP contribution in [0.5, 0.6) is 0 Å². The lowest BCUT2D eigenvalue weighted by Crippen LogP contribution is -2.16. The first-order chi connectivity index (χ1) is 10.4. The van der Waals surface area contributed by atoms with E-state index in [1.807, 2.05) is 0 Å². The molecule has 0 amide bonds. The number of allylic oxidation sites excluding steroid dienone is 2. The minimum Gasteiger partial charge on any atom is -0.0723 e. The van der Waals surface area contributed by atoms with Crippen molar-refractivity contribution in [3.8, 4) is 0 Å². The third kappa shape index (κ3) is 2.36. The Morgan fingerprint density at radius 3 is 2.27 bits per heavy atom. The van der Waals surface area contributed by atoms with Gasteiger partial charge in [-0.05, 0) is 98.5 Å². The number of hydrogen-bond donors (Lipinski definition) is 0. The van der Waals surface area contributed by atoms with Gasteiger partial charge in [-0.25, -0.2) is 0 Å². The van der Waals surface area contributed by atoms with E-state index in [0.29, 0.717) is 11.3 Å². The first-order valence-corrected chi connectivity index (χ1v) is 9.19. The van der Waals surface area contributed by atoms with Gasteiger partial charge in [0.15, 0.2) is 0 Å². The molecule has 2 fully saturated rings. The van der Waals surface area contributed by atoms with Crippen molar-refractivity contribution in [1.29, 1.82) is 0 Å². The average Bonchev–Trinajstić information content (AvgIpc) is 3.17. The van der Waals surface area contributed by atoms with Crippen LogP contribution in [-0.2, 0) is 0 Å². The Morgan fingerprint density at radius 2 is 1.82 bits per heavy atom. The van der Waals surface area contributed by atoms with Crippen LogP contribution >= 0.6 is 0 Å². The second-order valence-corrected chi connectivity index (χ2v) is 8.18. The highest BCUT2D eigenvalue weighted by molar-refractivity contribution is 5.78. The Balaban J connectivity index is 2.13. The SMILES string of the molecule is CCC(C)c1c(C)ccc(C)c1C(=C(C)C)C1CC12CCC2. The largest absolute Gasteiger partial charge is 0.0723 e. The second-order valence-electron chi connectivity index (χ2n) is 8.18. The third-order valence-corrected chi connectivity index (χ3v) is 6.47. The van der Waals surface area contributed by atoms with Crippen LogP contribution in [0, 0.1) is 25.2 Å². The molecule has 2 saturated carbocycles. The van der Waals surface area contributed by atoms with Crippen LogP contribution in [0.4, 0.5) is 0 Å². The molecule has 0 radical (unpaired) electrons. The third-order valence-electron chi connectivity index (χ3n) is 6.47. The van der Waals surface area contributed by atoms with E-state index in [1.54, 1.807) is 22.3 Å². The van der Waals surface area contributed by atoms with Crippen molar-refractivity contribution in [1.82, 2.24) is 0 Å². The van der Waals surface area contributed by atoms with Gasteiger partial charge in [0.05, 0.1) is 0 Å². The van der Waals surface area contributed by atoms with Gasteiger partial charge in [-0.3, -0.25) is 0 Å². The number of hydrogen-bond acceptors (Lipinski definition) is 0. The van der Waals surface area contributed by atoms with E-state index in [9.17, 15) is 0 Å². The lowest BCUT2D eigenvalue weighted by atomic mass is 9.75. The van der Waals surface area contributed by atoms with Crippen LogP contribution in [-0.4, -0.2) is 0 Å². The first-order valence-electron chi connectivity index (χ1n) is 9.19. The summed E-state index contributed by atoms with van der Waals surface area (Å²) >= 11 is 0. The summed E-state index contributed by atoms with van der Waals surface area (Å²) in [5.41, 5.74) is 10.2. The fourth-order valence-electron chi connectivity index (χ4n) is 4.74. The maximum atomic E-state index is 2.40. The molecule has 3 rings (SSSR count). The van der Waals surface area contributed by atoms with Gasteiger partial charge in [0.1, 0.15) is 0 Å². The molecular formula is C22H32. The maximum absolute atomic E-state index is 2.40. The van der Waals surface area contributed by atoms with Gasteiger partial charge >= 0.3 is 0 Å². The monoisotopic (exact) mass is 296 g/mol. The summed E-state index contributed by atoms with van der Waals surface area (Å²) in [7, 11) is 0.